The summed E-state index contributed by atoms with van der Waals surface area (Å²) in [6.45, 7) is 7.76. The molecule has 24 heavy (non-hydrogen) atoms. The van der Waals surface area contributed by atoms with Crippen molar-refractivity contribution in [2.45, 2.75) is 45.7 Å². The summed E-state index contributed by atoms with van der Waals surface area (Å²) < 4.78 is 0. The zero-order chi connectivity index (χ0) is 16.2. The number of aliphatic imine (C=N–C) groups is 1. The maximum absolute atomic E-state index is 4.73. The number of rotatable bonds is 5. The van der Waals surface area contributed by atoms with Crippen molar-refractivity contribution in [3.8, 4) is 0 Å². The molecule has 0 radical (unpaired) electrons. The molecule has 2 aromatic rings. The molecule has 0 saturated heterocycles. The van der Waals surface area contributed by atoms with Crippen molar-refractivity contribution in [1.82, 2.24) is 15.6 Å². The highest BCUT2D eigenvalue weighted by Crippen LogP contribution is 2.40. The fourth-order valence-corrected chi connectivity index (χ4v) is 3.65. The Morgan fingerprint density at radius 2 is 2.04 bits per heavy atom. The first kappa shape index (κ1) is 19.2. The summed E-state index contributed by atoms with van der Waals surface area (Å²) in [4.78, 5) is 10.4. The Morgan fingerprint density at radius 1 is 1.29 bits per heavy atom. The van der Waals surface area contributed by atoms with E-state index in [1.807, 2.05) is 6.92 Å². The van der Waals surface area contributed by atoms with Gasteiger partial charge in [0.15, 0.2) is 5.96 Å². The monoisotopic (exact) mass is 456 g/mol. The zero-order valence-electron chi connectivity index (χ0n) is 14.4. The van der Waals surface area contributed by atoms with Crippen LogP contribution in [0.2, 0.25) is 0 Å². The van der Waals surface area contributed by atoms with E-state index in [0.29, 0.717) is 18.5 Å². The van der Waals surface area contributed by atoms with Crippen LogP contribution in [0.5, 0.6) is 0 Å². The SMILES string of the molecule is CCNC(=NCc1sc(C)nc1C)NC1CC1c1ccccc1.I. The summed E-state index contributed by atoms with van der Waals surface area (Å²) in [5.74, 6) is 1.51. The van der Waals surface area contributed by atoms with Crippen molar-refractivity contribution in [1.29, 1.82) is 0 Å². The molecule has 1 fully saturated rings. The molecule has 1 heterocycles. The first-order chi connectivity index (χ1) is 11.2. The predicted octanol–water partition coefficient (Wildman–Crippen LogP) is 3.99. The Balaban J connectivity index is 0.00000208. The van der Waals surface area contributed by atoms with E-state index in [1.165, 1.54) is 16.9 Å². The largest absolute Gasteiger partial charge is 0.357 e. The molecule has 0 aliphatic heterocycles. The Bertz CT molecular complexity index is 684. The van der Waals surface area contributed by atoms with E-state index in [1.54, 1.807) is 11.3 Å². The molecule has 1 aliphatic rings. The Kier molecular flexibility index (Phi) is 7.03. The number of benzene rings is 1. The van der Waals surface area contributed by atoms with E-state index in [-0.39, 0.29) is 24.0 Å². The Labute approximate surface area is 165 Å². The molecule has 2 atom stereocenters. The average Bonchev–Trinajstić information content (AvgIpc) is 3.23. The second kappa shape index (κ2) is 8.80. The van der Waals surface area contributed by atoms with Crippen molar-refractivity contribution in [3.63, 3.8) is 0 Å². The third-order valence-electron chi connectivity index (χ3n) is 4.06. The topological polar surface area (TPSA) is 49.3 Å². The lowest BCUT2D eigenvalue weighted by Crippen LogP contribution is -2.39. The van der Waals surface area contributed by atoms with Gasteiger partial charge in [0.2, 0.25) is 0 Å². The van der Waals surface area contributed by atoms with Gasteiger partial charge in [-0.05, 0) is 32.8 Å². The van der Waals surface area contributed by atoms with Gasteiger partial charge in [0.25, 0.3) is 0 Å². The summed E-state index contributed by atoms with van der Waals surface area (Å²) in [6, 6.07) is 11.2. The fraction of sp³-hybridized carbons (Fsp3) is 0.444. The second-order valence-corrected chi connectivity index (χ2v) is 7.23. The van der Waals surface area contributed by atoms with Gasteiger partial charge in [0.05, 0.1) is 17.2 Å². The second-order valence-electron chi connectivity index (χ2n) is 5.94. The highest BCUT2D eigenvalue weighted by molar-refractivity contribution is 14.0. The maximum atomic E-state index is 4.73. The molecule has 1 aromatic heterocycles. The number of hydrogen-bond acceptors (Lipinski definition) is 3. The van der Waals surface area contributed by atoms with Gasteiger partial charge in [-0.2, -0.15) is 0 Å². The average molecular weight is 456 g/mol. The lowest BCUT2D eigenvalue weighted by molar-refractivity contribution is 0.795. The van der Waals surface area contributed by atoms with Crippen molar-refractivity contribution < 1.29 is 0 Å². The zero-order valence-corrected chi connectivity index (χ0v) is 17.5. The third kappa shape index (κ3) is 4.92. The van der Waals surface area contributed by atoms with E-state index >= 15 is 0 Å². The maximum Gasteiger partial charge on any atom is 0.191 e. The number of guanidine groups is 1. The van der Waals surface area contributed by atoms with Crippen LogP contribution < -0.4 is 10.6 Å². The van der Waals surface area contributed by atoms with E-state index in [9.17, 15) is 0 Å². The first-order valence-corrected chi connectivity index (χ1v) is 9.01. The summed E-state index contributed by atoms with van der Waals surface area (Å²) in [6.07, 6.45) is 1.17. The van der Waals surface area contributed by atoms with E-state index < -0.39 is 0 Å². The van der Waals surface area contributed by atoms with Gasteiger partial charge in [-0.1, -0.05) is 30.3 Å². The van der Waals surface area contributed by atoms with Gasteiger partial charge in [-0.25, -0.2) is 9.98 Å². The molecule has 130 valence electrons. The van der Waals surface area contributed by atoms with Crippen LogP contribution in [-0.4, -0.2) is 23.5 Å². The molecule has 0 amide bonds. The fourth-order valence-electron chi connectivity index (χ4n) is 2.79. The van der Waals surface area contributed by atoms with Crippen LogP contribution in [-0.2, 0) is 6.54 Å². The number of aromatic nitrogens is 1. The van der Waals surface area contributed by atoms with Gasteiger partial charge in [0, 0.05) is 23.4 Å². The van der Waals surface area contributed by atoms with E-state index in [4.69, 9.17) is 4.99 Å². The molecule has 0 spiro atoms. The molecule has 2 N–H and O–H groups in total. The summed E-state index contributed by atoms with van der Waals surface area (Å²) >= 11 is 1.73. The minimum absolute atomic E-state index is 0. The minimum atomic E-state index is 0. The van der Waals surface area contributed by atoms with Gasteiger partial charge in [0.1, 0.15) is 0 Å². The number of thiazole rings is 1. The summed E-state index contributed by atoms with van der Waals surface area (Å²) in [5, 5.41) is 8.01. The Morgan fingerprint density at radius 3 is 2.67 bits per heavy atom. The molecular formula is C18H25IN4S. The molecule has 0 bridgehead atoms. The molecule has 6 heteroatoms. The van der Waals surface area contributed by atoms with Crippen molar-refractivity contribution in [3.05, 3.63) is 51.5 Å². The van der Waals surface area contributed by atoms with Crippen molar-refractivity contribution >= 4 is 41.3 Å². The molecule has 1 aromatic carbocycles. The number of aryl methyl sites for hydroxylation is 2. The van der Waals surface area contributed by atoms with Crippen LogP contribution in [0, 0.1) is 13.8 Å². The lowest BCUT2D eigenvalue weighted by Gasteiger charge is -2.11. The highest BCUT2D eigenvalue weighted by atomic mass is 127. The predicted molar refractivity (Wildman–Crippen MR) is 113 cm³/mol. The van der Waals surface area contributed by atoms with Crippen molar-refractivity contribution in [2.75, 3.05) is 6.54 Å². The van der Waals surface area contributed by atoms with E-state index in [2.05, 4.69) is 59.8 Å². The normalized spacial score (nSPS) is 19.5. The quantitative estimate of drug-likeness (QED) is 0.407. The van der Waals surface area contributed by atoms with Gasteiger partial charge in [-0.3, -0.25) is 0 Å². The first-order valence-electron chi connectivity index (χ1n) is 8.20. The molecule has 2 unspecified atom stereocenters. The Hall–Kier alpha value is -1.15. The van der Waals surface area contributed by atoms with Crippen LogP contribution in [0.25, 0.3) is 0 Å². The summed E-state index contributed by atoms with van der Waals surface area (Å²) in [5.41, 5.74) is 2.51. The van der Waals surface area contributed by atoms with Gasteiger partial charge < -0.3 is 10.6 Å². The smallest absolute Gasteiger partial charge is 0.191 e. The highest BCUT2D eigenvalue weighted by Gasteiger charge is 2.38. The van der Waals surface area contributed by atoms with Crippen LogP contribution in [0.3, 0.4) is 0 Å². The van der Waals surface area contributed by atoms with E-state index in [0.717, 1.165) is 23.2 Å². The van der Waals surface area contributed by atoms with Crippen molar-refractivity contribution in [2.24, 2.45) is 4.99 Å². The van der Waals surface area contributed by atoms with Gasteiger partial charge in [-0.15, -0.1) is 35.3 Å². The minimum Gasteiger partial charge on any atom is -0.357 e. The van der Waals surface area contributed by atoms with Crippen LogP contribution >= 0.6 is 35.3 Å². The van der Waals surface area contributed by atoms with Crippen LogP contribution in [0.15, 0.2) is 35.3 Å². The molecular weight excluding hydrogens is 431 g/mol. The molecule has 1 aliphatic carbocycles. The van der Waals surface area contributed by atoms with Crippen LogP contribution in [0.4, 0.5) is 0 Å². The van der Waals surface area contributed by atoms with Gasteiger partial charge >= 0.3 is 0 Å². The molecule has 1 saturated carbocycles. The number of nitrogens with zero attached hydrogens (tertiary/aromatic N) is 2. The third-order valence-corrected chi connectivity index (χ3v) is 5.12. The lowest BCUT2D eigenvalue weighted by atomic mass is 10.1. The molecule has 4 nitrogen and oxygen atoms in total. The number of halogens is 1. The summed E-state index contributed by atoms with van der Waals surface area (Å²) in [7, 11) is 0. The standard InChI is InChI=1S/C18H24N4S.HI/c1-4-19-18(20-11-17-12(2)21-13(3)23-17)22-16-10-15(16)14-8-6-5-7-9-14;/h5-9,15-16H,4,10-11H2,1-3H3,(H2,19,20,22);1H. The van der Waals surface area contributed by atoms with Crippen LogP contribution in [0.1, 0.15) is 40.4 Å². The number of hydrogen-bond donors (Lipinski definition) is 2. The number of nitrogens with one attached hydrogen (secondary N) is 2. The molecule has 3 rings (SSSR count).